The standard InChI is InChI=1S/C15H13NO/c1-12-14(8-5-11-17)15(9-10-16-12)13-6-3-2-4-7-13/h2-11H,1H3. The number of pyridine rings is 1. The van der Waals surface area contributed by atoms with Crippen LogP contribution in [0.15, 0.2) is 48.7 Å². The van der Waals surface area contributed by atoms with Gasteiger partial charge in [-0.25, -0.2) is 0 Å². The predicted octanol–water partition coefficient (Wildman–Crippen LogP) is 3.27. The first-order valence-electron chi connectivity index (χ1n) is 5.46. The lowest BCUT2D eigenvalue weighted by Crippen LogP contribution is -1.90. The molecule has 0 N–H and O–H groups in total. The maximum atomic E-state index is 10.4. The van der Waals surface area contributed by atoms with Crippen LogP contribution in [0.4, 0.5) is 0 Å². The van der Waals surface area contributed by atoms with Crippen LogP contribution in [-0.2, 0) is 4.79 Å². The van der Waals surface area contributed by atoms with E-state index >= 15 is 0 Å². The maximum Gasteiger partial charge on any atom is 0.142 e. The third-order valence-corrected chi connectivity index (χ3v) is 2.62. The van der Waals surface area contributed by atoms with E-state index in [2.05, 4.69) is 4.98 Å². The summed E-state index contributed by atoms with van der Waals surface area (Å²) in [5, 5.41) is 0. The fourth-order valence-electron chi connectivity index (χ4n) is 1.79. The molecular weight excluding hydrogens is 210 g/mol. The first kappa shape index (κ1) is 11.3. The number of hydrogen-bond acceptors (Lipinski definition) is 2. The molecule has 1 aromatic heterocycles. The van der Waals surface area contributed by atoms with Crippen LogP contribution >= 0.6 is 0 Å². The summed E-state index contributed by atoms with van der Waals surface area (Å²) in [6, 6.07) is 12.0. The molecule has 84 valence electrons. The summed E-state index contributed by atoms with van der Waals surface area (Å²) in [5.41, 5.74) is 4.13. The zero-order valence-corrected chi connectivity index (χ0v) is 9.63. The predicted molar refractivity (Wildman–Crippen MR) is 69.5 cm³/mol. The van der Waals surface area contributed by atoms with Gasteiger partial charge >= 0.3 is 0 Å². The van der Waals surface area contributed by atoms with E-state index in [0.717, 1.165) is 28.7 Å². The van der Waals surface area contributed by atoms with Crippen LogP contribution < -0.4 is 0 Å². The van der Waals surface area contributed by atoms with Gasteiger partial charge in [0.1, 0.15) is 6.29 Å². The van der Waals surface area contributed by atoms with Gasteiger partial charge in [-0.1, -0.05) is 30.3 Å². The Morgan fingerprint density at radius 3 is 2.59 bits per heavy atom. The number of nitrogens with zero attached hydrogens (tertiary/aromatic N) is 1. The molecule has 0 aliphatic rings. The van der Waals surface area contributed by atoms with E-state index in [9.17, 15) is 4.79 Å². The summed E-state index contributed by atoms with van der Waals surface area (Å²) in [6.45, 7) is 1.94. The molecule has 0 aliphatic carbocycles. The maximum absolute atomic E-state index is 10.4. The molecule has 0 spiro atoms. The molecule has 2 aromatic rings. The molecule has 2 heteroatoms. The quantitative estimate of drug-likeness (QED) is 0.590. The van der Waals surface area contributed by atoms with E-state index in [-0.39, 0.29) is 0 Å². The average Bonchev–Trinajstić information content (AvgIpc) is 2.38. The minimum atomic E-state index is 0.779. The molecule has 0 fully saturated rings. The van der Waals surface area contributed by atoms with Crippen LogP contribution in [0.2, 0.25) is 0 Å². The van der Waals surface area contributed by atoms with Gasteiger partial charge in [0.2, 0.25) is 0 Å². The number of hydrogen-bond donors (Lipinski definition) is 0. The fourth-order valence-corrected chi connectivity index (χ4v) is 1.79. The van der Waals surface area contributed by atoms with Gasteiger partial charge in [0.05, 0.1) is 0 Å². The zero-order valence-electron chi connectivity index (χ0n) is 9.63. The summed E-state index contributed by atoms with van der Waals surface area (Å²) < 4.78 is 0. The SMILES string of the molecule is Cc1nccc(-c2ccccc2)c1C=CC=O. The highest BCUT2D eigenvalue weighted by Gasteiger charge is 2.05. The lowest BCUT2D eigenvalue weighted by molar-refractivity contribution is -0.104. The Kier molecular flexibility index (Phi) is 3.46. The van der Waals surface area contributed by atoms with Gasteiger partial charge in [-0.3, -0.25) is 9.78 Å². The van der Waals surface area contributed by atoms with Gasteiger partial charge in [-0.2, -0.15) is 0 Å². The highest BCUT2D eigenvalue weighted by Crippen LogP contribution is 2.25. The fraction of sp³-hybridized carbons (Fsp3) is 0.0667. The Morgan fingerprint density at radius 2 is 1.88 bits per heavy atom. The molecule has 0 aliphatic heterocycles. The van der Waals surface area contributed by atoms with Crippen LogP contribution in [0.25, 0.3) is 17.2 Å². The summed E-state index contributed by atoms with van der Waals surface area (Å²) in [4.78, 5) is 14.7. The highest BCUT2D eigenvalue weighted by molar-refractivity contribution is 5.81. The van der Waals surface area contributed by atoms with Crippen LogP contribution in [0.5, 0.6) is 0 Å². The first-order chi connectivity index (χ1) is 8.33. The second-order valence-electron chi connectivity index (χ2n) is 3.72. The summed E-state index contributed by atoms with van der Waals surface area (Å²) in [6.07, 6.45) is 5.87. The number of aldehydes is 1. The molecule has 0 bridgehead atoms. The van der Waals surface area contributed by atoms with Crippen molar-refractivity contribution in [2.45, 2.75) is 6.92 Å². The summed E-state index contributed by atoms with van der Waals surface area (Å²) >= 11 is 0. The molecule has 0 unspecified atom stereocenters. The molecule has 1 heterocycles. The van der Waals surface area contributed by atoms with Crippen LogP contribution in [0.3, 0.4) is 0 Å². The van der Waals surface area contributed by atoms with Gasteiger partial charge < -0.3 is 0 Å². The second kappa shape index (κ2) is 5.21. The Balaban J connectivity index is 2.58. The number of carbonyl (C=O) groups is 1. The van der Waals surface area contributed by atoms with E-state index in [0.29, 0.717) is 0 Å². The Morgan fingerprint density at radius 1 is 1.12 bits per heavy atom. The summed E-state index contributed by atoms with van der Waals surface area (Å²) in [5.74, 6) is 0. The van der Waals surface area contributed by atoms with E-state index in [4.69, 9.17) is 0 Å². The molecule has 2 rings (SSSR count). The number of benzene rings is 1. The summed E-state index contributed by atoms with van der Waals surface area (Å²) in [7, 11) is 0. The van der Waals surface area contributed by atoms with E-state index in [1.54, 1.807) is 12.3 Å². The highest BCUT2D eigenvalue weighted by atomic mass is 16.1. The lowest BCUT2D eigenvalue weighted by Gasteiger charge is -2.08. The third kappa shape index (κ3) is 2.48. The molecule has 2 nitrogen and oxygen atoms in total. The molecule has 17 heavy (non-hydrogen) atoms. The van der Waals surface area contributed by atoms with Gasteiger partial charge in [-0.15, -0.1) is 0 Å². The number of aryl methyl sites for hydroxylation is 1. The molecular formula is C15H13NO. The van der Waals surface area contributed by atoms with Crippen molar-refractivity contribution in [3.05, 3.63) is 59.9 Å². The van der Waals surface area contributed by atoms with Crippen molar-refractivity contribution < 1.29 is 4.79 Å². The van der Waals surface area contributed by atoms with Gasteiger partial charge in [-0.05, 0) is 36.3 Å². The van der Waals surface area contributed by atoms with Crippen LogP contribution in [0, 0.1) is 6.92 Å². The molecule has 0 atom stereocenters. The Bertz CT molecular complexity index is 544. The third-order valence-electron chi connectivity index (χ3n) is 2.62. The lowest BCUT2D eigenvalue weighted by atomic mass is 9.99. The van der Waals surface area contributed by atoms with Crippen molar-refractivity contribution >= 4 is 12.4 Å². The van der Waals surface area contributed by atoms with Crippen molar-refractivity contribution in [1.29, 1.82) is 0 Å². The van der Waals surface area contributed by atoms with Crippen molar-refractivity contribution in [1.82, 2.24) is 4.98 Å². The minimum absolute atomic E-state index is 0.779. The molecule has 0 saturated carbocycles. The molecule has 0 amide bonds. The topological polar surface area (TPSA) is 30.0 Å². The minimum Gasteiger partial charge on any atom is -0.299 e. The molecule has 0 saturated heterocycles. The van der Waals surface area contributed by atoms with Crippen molar-refractivity contribution in [2.75, 3.05) is 0 Å². The normalized spacial score (nSPS) is 10.6. The van der Waals surface area contributed by atoms with Crippen molar-refractivity contribution in [2.24, 2.45) is 0 Å². The largest absolute Gasteiger partial charge is 0.299 e. The number of allylic oxidation sites excluding steroid dienone is 1. The number of carbonyl (C=O) groups excluding carboxylic acids is 1. The zero-order chi connectivity index (χ0) is 12.1. The van der Waals surface area contributed by atoms with Crippen molar-refractivity contribution in [3.63, 3.8) is 0 Å². The van der Waals surface area contributed by atoms with Crippen LogP contribution in [0.1, 0.15) is 11.3 Å². The Labute approximate surface area is 101 Å². The van der Waals surface area contributed by atoms with Crippen molar-refractivity contribution in [3.8, 4) is 11.1 Å². The average molecular weight is 223 g/mol. The van der Waals surface area contributed by atoms with Crippen LogP contribution in [-0.4, -0.2) is 11.3 Å². The smallest absolute Gasteiger partial charge is 0.142 e. The monoisotopic (exact) mass is 223 g/mol. The molecule has 0 radical (unpaired) electrons. The first-order valence-corrected chi connectivity index (χ1v) is 5.46. The van der Waals surface area contributed by atoms with E-state index in [1.165, 1.54) is 6.08 Å². The number of aromatic nitrogens is 1. The molecule has 1 aromatic carbocycles. The van der Waals surface area contributed by atoms with E-state index in [1.807, 2.05) is 43.3 Å². The van der Waals surface area contributed by atoms with Gasteiger partial charge in [0, 0.05) is 17.5 Å². The van der Waals surface area contributed by atoms with Gasteiger partial charge in [0.25, 0.3) is 0 Å². The van der Waals surface area contributed by atoms with Gasteiger partial charge in [0.15, 0.2) is 0 Å². The number of rotatable bonds is 3. The van der Waals surface area contributed by atoms with E-state index < -0.39 is 0 Å². The Hall–Kier alpha value is -2.22. The second-order valence-corrected chi connectivity index (χ2v) is 3.72.